The van der Waals surface area contributed by atoms with Gasteiger partial charge in [0.25, 0.3) is 10.0 Å². The third-order valence-corrected chi connectivity index (χ3v) is 5.01. The molecule has 0 bridgehead atoms. The van der Waals surface area contributed by atoms with E-state index in [2.05, 4.69) is 10.2 Å². The average Bonchev–Trinajstić information content (AvgIpc) is 2.54. The topological polar surface area (TPSA) is 102 Å². The van der Waals surface area contributed by atoms with Crippen LogP contribution in [0.5, 0.6) is 5.75 Å². The van der Waals surface area contributed by atoms with Crippen LogP contribution in [0.1, 0.15) is 13.3 Å². The Labute approximate surface area is 134 Å². The summed E-state index contributed by atoms with van der Waals surface area (Å²) in [5, 5.41) is 0. The van der Waals surface area contributed by atoms with Gasteiger partial charge in [-0.2, -0.15) is 0 Å². The lowest BCUT2D eigenvalue weighted by atomic mass is 10.0. The number of carbonyl (C=O) groups is 2. The first-order valence-corrected chi connectivity index (χ1v) is 8.45. The van der Waals surface area contributed by atoms with E-state index in [1.165, 1.54) is 31.4 Å². The summed E-state index contributed by atoms with van der Waals surface area (Å²) in [6.07, 6.45) is -0.109. The van der Waals surface area contributed by atoms with Crippen LogP contribution in [0, 0.1) is 5.92 Å². The summed E-state index contributed by atoms with van der Waals surface area (Å²) >= 11 is 0. The molecule has 0 aliphatic carbocycles. The average molecular weight is 342 g/mol. The Kier molecular flexibility index (Phi) is 5.22. The van der Waals surface area contributed by atoms with Crippen molar-refractivity contribution in [3.63, 3.8) is 0 Å². The molecule has 0 radical (unpaired) electrons. The molecule has 8 nitrogen and oxygen atoms in total. The lowest BCUT2D eigenvalue weighted by Crippen LogP contribution is -2.54. The molecule has 1 atom stereocenters. The van der Waals surface area contributed by atoms with Crippen molar-refractivity contribution in [2.24, 2.45) is 5.92 Å². The predicted molar refractivity (Wildman–Crippen MR) is 79.8 cm³/mol. The van der Waals surface area contributed by atoms with Crippen LogP contribution in [0.25, 0.3) is 0 Å². The second kappa shape index (κ2) is 6.97. The molecule has 1 aromatic carbocycles. The maximum Gasteiger partial charge on any atom is 0.310 e. The predicted octanol–water partition coefficient (Wildman–Crippen LogP) is 0.300. The van der Waals surface area contributed by atoms with E-state index in [9.17, 15) is 18.0 Å². The van der Waals surface area contributed by atoms with Crippen LogP contribution in [0.3, 0.4) is 0 Å². The lowest BCUT2D eigenvalue weighted by molar-refractivity contribution is -0.150. The quantitative estimate of drug-likeness (QED) is 0.772. The highest BCUT2D eigenvalue weighted by molar-refractivity contribution is 7.89. The van der Waals surface area contributed by atoms with Crippen molar-refractivity contribution in [3.8, 4) is 5.75 Å². The molecule has 1 heterocycles. The van der Waals surface area contributed by atoms with E-state index < -0.39 is 27.8 Å². The van der Waals surface area contributed by atoms with Gasteiger partial charge in [0.05, 0.1) is 24.5 Å². The number of benzene rings is 1. The van der Waals surface area contributed by atoms with Gasteiger partial charge < -0.3 is 9.47 Å². The Hall–Kier alpha value is -2.13. The van der Waals surface area contributed by atoms with Crippen molar-refractivity contribution >= 4 is 21.9 Å². The normalized spacial score (nSPS) is 19.0. The number of esters is 1. The number of methoxy groups -OCH3 is 1. The molecule has 9 heteroatoms. The van der Waals surface area contributed by atoms with Crippen LogP contribution in [-0.4, -0.2) is 45.0 Å². The summed E-state index contributed by atoms with van der Waals surface area (Å²) in [6, 6.07) is 5.82. The van der Waals surface area contributed by atoms with Crippen molar-refractivity contribution < 1.29 is 27.5 Å². The summed E-state index contributed by atoms with van der Waals surface area (Å²) < 4.78 is 35.8. The number of hydrogen-bond acceptors (Lipinski definition) is 6. The smallest absolute Gasteiger partial charge is 0.310 e. The van der Waals surface area contributed by atoms with Crippen LogP contribution in [-0.2, 0) is 24.3 Å². The van der Waals surface area contributed by atoms with Crippen molar-refractivity contribution in [3.05, 3.63) is 24.3 Å². The van der Waals surface area contributed by atoms with Gasteiger partial charge in [-0.25, -0.2) is 8.42 Å². The molecule has 0 aromatic heterocycles. The molecule has 1 aliphatic rings. The fraction of sp³-hybridized carbons (Fsp3) is 0.429. The number of nitrogens with zero attached hydrogens (tertiary/aromatic N) is 1. The van der Waals surface area contributed by atoms with E-state index in [1.54, 1.807) is 0 Å². The van der Waals surface area contributed by atoms with Crippen LogP contribution in [0.15, 0.2) is 29.2 Å². The zero-order valence-corrected chi connectivity index (χ0v) is 13.6. The highest BCUT2D eigenvalue weighted by Crippen LogP contribution is 2.22. The van der Waals surface area contributed by atoms with Gasteiger partial charge in [0.15, 0.2) is 0 Å². The second-order valence-corrected chi connectivity index (χ2v) is 6.76. The number of ether oxygens (including phenoxy) is 2. The molecule has 2 rings (SSSR count). The Balaban J connectivity index is 2.23. The maximum absolute atomic E-state index is 12.6. The summed E-state index contributed by atoms with van der Waals surface area (Å²) in [5.74, 6) is -1.46. The number of carbonyl (C=O) groups excluding carboxylic acids is 2. The summed E-state index contributed by atoms with van der Waals surface area (Å²) in [6.45, 7) is 2.11. The number of hydrogen-bond donors (Lipinski definition) is 1. The van der Waals surface area contributed by atoms with Crippen LogP contribution in [0.4, 0.5) is 0 Å². The SMILES string of the molecule is CCOc1ccc(S(=O)(=O)N2CC(C(=O)OC)CC(=O)N2)cc1. The molecular formula is C14H18N2O6S. The van der Waals surface area contributed by atoms with Gasteiger partial charge >= 0.3 is 5.97 Å². The molecule has 0 saturated carbocycles. The van der Waals surface area contributed by atoms with E-state index in [1.807, 2.05) is 6.92 Å². The zero-order valence-electron chi connectivity index (χ0n) is 12.8. The first-order chi connectivity index (χ1) is 10.9. The van der Waals surface area contributed by atoms with Crippen molar-refractivity contribution in [2.45, 2.75) is 18.2 Å². The molecule has 1 fully saturated rings. The van der Waals surface area contributed by atoms with Crippen molar-refractivity contribution in [2.75, 3.05) is 20.3 Å². The minimum absolute atomic E-state index is 0.00762. The maximum atomic E-state index is 12.6. The van der Waals surface area contributed by atoms with Gasteiger partial charge in [-0.1, -0.05) is 0 Å². The Morgan fingerprint density at radius 2 is 2.00 bits per heavy atom. The van der Waals surface area contributed by atoms with Gasteiger partial charge in [0.1, 0.15) is 5.75 Å². The minimum Gasteiger partial charge on any atom is -0.494 e. The summed E-state index contributed by atoms with van der Waals surface area (Å²) in [4.78, 5) is 23.3. The monoisotopic (exact) mass is 342 g/mol. The van der Waals surface area contributed by atoms with Crippen molar-refractivity contribution in [1.29, 1.82) is 0 Å². The van der Waals surface area contributed by atoms with Gasteiger partial charge in [-0.15, -0.1) is 4.41 Å². The first-order valence-electron chi connectivity index (χ1n) is 7.01. The molecular weight excluding hydrogens is 324 g/mol. The molecule has 126 valence electrons. The fourth-order valence-electron chi connectivity index (χ4n) is 2.20. The lowest BCUT2D eigenvalue weighted by Gasteiger charge is -2.30. The summed E-state index contributed by atoms with van der Waals surface area (Å²) in [7, 11) is -2.77. The third kappa shape index (κ3) is 3.80. The van der Waals surface area contributed by atoms with Gasteiger partial charge in [0, 0.05) is 13.0 Å². The van der Waals surface area contributed by atoms with Gasteiger partial charge in [-0.05, 0) is 31.2 Å². The molecule has 1 aromatic rings. The van der Waals surface area contributed by atoms with E-state index >= 15 is 0 Å². The van der Waals surface area contributed by atoms with E-state index in [-0.39, 0.29) is 17.9 Å². The van der Waals surface area contributed by atoms with Crippen molar-refractivity contribution in [1.82, 2.24) is 9.84 Å². The van der Waals surface area contributed by atoms with E-state index in [0.717, 1.165) is 4.41 Å². The Bertz CT molecular complexity index is 686. The first kappa shape index (κ1) is 17.2. The van der Waals surface area contributed by atoms with Crippen LogP contribution < -0.4 is 10.2 Å². The van der Waals surface area contributed by atoms with E-state index in [0.29, 0.717) is 12.4 Å². The number of rotatable bonds is 5. The molecule has 1 N–H and O–H groups in total. The number of hydrazine groups is 1. The minimum atomic E-state index is -3.96. The molecule has 0 spiro atoms. The molecule has 1 unspecified atom stereocenters. The van der Waals surface area contributed by atoms with Crippen LogP contribution >= 0.6 is 0 Å². The highest BCUT2D eigenvalue weighted by atomic mass is 32.2. The number of amides is 1. The fourth-order valence-corrected chi connectivity index (χ4v) is 3.54. The third-order valence-electron chi connectivity index (χ3n) is 3.32. The highest BCUT2D eigenvalue weighted by Gasteiger charge is 2.37. The Morgan fingerprint density at radius 1 is 1.35 bits per heavy atom. The molecule has 1 aliphatic heterocycles. The second-order valence-electron chi connectivity index (χ2n) is 4.90. The zero-order chi connectivity index (χ0) is 17.0. The molecule has 1 saturated heterocycles. The molecule has 1 amide bonds. The Morgan fingerprint density at radius 3 is 2.57 bits per heavy atom. The van der Waals surface area contributed by atoms with Gasteiger partial charge in [-0.3, -0.25) is 15.0 Å². The number of nitrogens with one attached hydrogen (secondary N) is 1. The number of sulfonamides is 1. The van der Waals surface area contributed by atoms with E-state index in [4.69, 9.17) is 4.74 Å². The molecule has 23 heavy (non-hydrogen) atoms. The standard InChI is InChI=1S/C14H18N2O6S/c1-3-22-11-4-6-12(7-5-11)23(19,20)16-9-10(14(18)21-2)8-13(17)15-16/h4-7,10H,3,8-9H2,1-2H3,(H,15,17). The van der Waals surface area contributed by atoms with Crippen LogP contribution in [0.2, 0.25) is 0 Å². The van der Waals surface area contributed by atoms with Gasteiger partial charge in [0.2, 0.25) is 5.91 Å². The largest absolute Gasteiger partial charge is 0.494 e. The summed E-state index contributed by atoms with van der Waals surface area (Å²) in [5.41, 5.74) is 2.27.